The fourth-order valence-corrected chi connectivity index (χ4v) is 3.69. The number of benzene rings is 1. The number of sulfone groups is 1. The highest BCUT2D eigenvalue weighted by molar-refractivity contribution is 7.91. The van der Waals surface area contributed by atoms with Gasteiger partial charge in [0, 0.05) is 38.4 Å². The van der Waals surface area contributed by atoms with E-state index in [0.717, 1.165) is 17.0 Å². The first-order valence-corrected chi connectivity index (χ1v) is 9.71. The van der Waals surface area contributed by atoms with Gasteiger partial charge in [-0.05, 0) is 26.0 Å². The number of hydrogen-bond acceptors (Lipinski definition) is 4. The molecule has 0 spiro atoms. The van der Waals surface area contributed by atoms with Crippen molar-refractivity contribution in [2.45, 2.75) is 25.3 Å². The predicted molar refractivity (Wildman–Crippen MR) is 99.4 cm³/mol. The summed E-state index contributed by atoms with van der Waals surface area (Å²) in [5.41, 5.74) is 3.17. The third-order valence-corrected chi connectivity index (χ3v) is 5.81. The van der Waals surface area contributed by atoms with E-state index < -0.39 is 9.84 Å². The molecule has 0 unspecified atom stereocenters. The van der Waals surface area contributed by atoms with Crippen LogP contribution in [0.25, 0.3) is 0 Å². The fraction of sp³-hybridized carbons (Fsp3) is 0.412. The van der Waals surface area contributed by atoms with Crippen LogP contribution in [0.1, 0.15) is 17.0 Å². The lowest BCUT2D eigenvalue weighted by molar-refractivity contribution is 0.594. The average molecular weight is 363 g/mol. The van der Waals surface area contributed by atoms with Crippen LogP contribution in [0.2, 0.25) is 0 Å². The van der Waals surface area contributed by atoms with Gasteiger partial charge in [0.2, 0.25) is 0 Å². The number of aromatic nitrogens is 2. The molecule has 136 valence electrons. The number of rotatable bonds is 6. The highest BCUT2D eigenvalue weighted by atomic mass is 32.2. The summed E-state index contributed by atoms with van der Waals surface area (Å²) < 4.78 is 26.4. The van der Waals surface area contributed by atoms with E-state index in [4.69, 9.17) is 0 Å². The van der Waals surface area contributed by atoms with Crippen LogP contribution in [0, 0.1) is 13.8 Å². The number of aliphatic imine (C=N–C) groups is 1. The minimum atomic E-state index is -3.30. The summed E-state index contributed by atoms with van der Waals surface area (Å²) in [6.45, 7) is 4.84. The molecular formula is C17H25N5O2S. The summed E-state index contributed by atoms with van der Waals surface area (Å²) in [7, 11) is 0.267. The molecule has 8 heteroatoms. The van der Waals surface area contributed by atoms with Crippen molar-refractivity contribution < 1.29 is 8.42 Å². The SMILES string of the molecule is CN=C(NCCS(=O)(=O)c1ccccc1)NCc1c(C)nn(C)c1C. The molecule has 0 fully saturated rings. The van der Waals surface area contributed by atoms with Crippen molar-refractivity contribution in [3.05, 3.63) is 47.3 Å². The van der Waals surface area contributed by atoms with E-state index in [9.17, 15) is 8.42 Å². The Hall–Kier alpha value is -2.35. The van der Waals surface area contributed by atoms with Crippen LogP contribution in [0.5, 0.6) is 0 Å². The number of nitrogens with one attached hydrogen (secondary N) is 2. The van der Waals surface area contributed by atoms with Crippen molar-refractivity contribution in [3.8, 4) is 0 Å². The molecule has 1 aromatic heterocycles. The van der Waals surface area contributed by atoms with Gasteiger partial charge in [-0.25, -0.2) is 8.42 Å². The molecule has 2 aromatic rings. The van der Waals surface area contributed by atoms with E-state index in [2.05, 4.69) is 20.7 Å². The Kier molecular flexibility index (Phi) is 6.19. The Morgan fingerprint density at radius 1 is 1.20 bits per heavy atom. The van der Waals surface area contributed by atoms with Crippen molar-refractivity contribution in [3.63, 3.8) is 0 Å². The van der Waals surface area contributed by atoms with Crippen molar-refractivity contribution in [2.75, 3.05) is 19.3 Å². The van der Waals surface area contributed by atoms with E-state index in [1.165, 1.54) is 0 Å². The van der Waals surface area contributed by atoms with Crippen molar-refractivity contribution in [2.24, 2.45) is 12.0 Å². The molecule has 0 amide bonds. The minimum Gasteiger partial charge on any atom is -0.355 e. The molecule has 0 aliphatic rings. The Balaban J connectivity index is 1.89. The van der Waals surface area contributed by atoms with E-state index in [1.54, 1.807) is 37.4 Å². The summed E-state index contributed by atoms with van der Waals surface area (Å²) in [6, 6.07) is 8.46. The van der Waals surface area contributed by atoms with Gasteiger partial charge < -0.3 is 10.6 Å². The summed E-state index contributed by atoms with van der Waals surface area (Å²) in [5.74, 6) is 0.564. The Morgan fingerprint density at radius 2 is 1.88 bits per heavy atom. The largest absolute Gasteiger partial charge is 0.355 e. The van der Waals surface area contributed by atoms with Crippen LogP contribution in [0.4, 0.5) is 0 Å². The van der Waals surface area contributed by atoms with Gasteiger partial charge in [-0.15, -0.1) is 0 Å². The fourth-order valence-electron chi connectivity index (χ4n) is 2.52. The third kappa shape index (κ3) is 4.82. The first-order valence-electron chi connectivity index (χ1n) is 8.06. The van der Waals surface area contributed by atoms with Gasteiger partial charge in [-0.1, -0.05) is 18.2 Å². The van der Waals surface area contributed by atoms with Crippen molar-refractivity contribution in [1.82, 2.24) is 20.4 Å². The Bertz CT molecular complexity index is 841. The maximum atomic E-state index is 12.3. The number of aryl methyl sites for hydroxylation is 2. The van der Waals surface area contributed by atoms with Crippen LogP contribution in [-0.2, 0) is 23.4 Å². The van der Waals surface area contributed by atoms with Gasteiger partial charge in [0.15, 0.2) is 15.8 Å². The van der Waals surface area contributed by atoms with Crippen LogP contribution < -0.4 is 10.6 Å². The van der Waals surface area contributed by atoms with Crippen molar-refractivity contribution >= 4 is 15.8 Å². The molecule has 0 aliphatic heterocycles. The topological polar surface area (TPSA) is 88.4 Å². The zero-order valence-corrected chi connectivity index (χ0v) is 15.9. The maximum absolute atomic E-state index is 12.3. The molecule has 2 N–H and O–H groups in total. The van der Waals surface area contributed by atoms with Gasteiger partial charge in [0.05, 0.1) is 16.3 Å². The second-order valence-corrected chi connectivity index (χ2v) is 7.87. The van der Waals surface area contributed by atoms with Gasteiger partial charge in [-0.3, -0.25) is 9.67 Å². The molecule has 0 saturated heterocycles. The van der Waals surface area contributed by atoms with Gasteiger partial charge in [-0.2, -0.15) is 5.10 Å². The molecule has 0 bridgehead atoms. The molecule has 0 aliphatic carbocycles. The minimum absolute atomic E-state index is 0.00264. The second kappa shape index (κ2) is 8.15. The number of nitrogens with zero attached hydrogens (tertiary/aromatic N) is 3. The monoisotopic (exact) mass is 363 g/mol. The Morgan fingerprint density at radius 3 is 2.44 bits per heavy atom. The smallest absolute Gasteiger partial charge is 0.191 e. The molecule has 1 aromatic carbocycles. The highest BCUT2D eigenvalue weighted by Crippen LogP contribution is 2.11. The standard InChI is InChI=1S/C17H25N5O2S/c1-13-16(14(2)22(4)21-13)12-20-17(18-3)19-10-11-25(23,24)15-8-6-5-7-9-15/h5-9H,10-12H2,1-4H3,(H2,18,19,20). The molecule has 25 heavy (non-hydrogen) atoms. The summed E-state index contributed by atoms with van der Waals surface area (Å²) in [5, 5.41) is 10.6. The summed E-state index contributed by atoms with van der Waals surface area (Å²) >= 11 is 0. The molecule has 2 rings (SSSR count). The van der Waals surface area contributed by atoms with E-state index in [-0.39, 0.29) is 12.3 Å². The van der Waals surface area contributed by atoms with Gasteiger partial charge in [0.25, 0.3) is 0 Å². The molecule has 0 atom stereocenters. The third-order valence-electron chi connectivity index (χ3n) is 4.08. The number of guanidine groups is 1. The average Bonchev–Trinajstić information content (AvgIpc) is 2.84. The molecule has 1 heterocycles. The lowest BCUT2D eigenvalue weighted by Gasteiger charge is -2.12. The van der Waals surface area contributed by atoms with E-state index in [1.807, 2.05) is 25.6 Å². The number of hydrogen-bond donors (Lipinski definition) is 2. The molecular weight excluding hydrogens is 338 g/mol. The second-order valence-electron chi connectivity index (χ2n) is 5.76. The van der Waals surface area contributed by atoms with Crippen molar-refractivity contribution in [1.29, 1.82) is 0 Å². The van der Waals surface area contributed by atoms with E-state index >= 15 is 0 Å². The zero-order valence-electron chi connectivity index (χ0n) is 15.1. The highest BCUT2D eigenvalue weighted by Gasteiger charge is 2.14. The van der Waals surface area contributed by atoms with Crippen LogP contribution in [0.3, 0.4) is 0 Å². The summed E-state index contributed by atoms with van der Waals surface area (Å²) in [4.78, 5) is 4.47. The van der Waals surface area contributed by atoms with Crippen LogP contribution in [0.15, 0.2) is 40.2 Å². The maximum Gasteiger partial charge on any atom is 0.191 e. The molecule has 0 saturated carbocycles. The summed E-state index contributed by atoms with van der Waals surface area (Å²) in [6.07, 6.45) is 0. The van der Waals surface area contributed by atoms with Gasteiger partial charge >= 0.3 is 0 Å². The zero-order chi connectivity index (χ0) is 18.4. The Labute approximate surface area is 149 Å². The normalized spacial score (nSPS) is 12.2. The quantitative estimate of drug-likeness (QED) is 0.594. The van der Waals surface area contributed by atoms with Crippen LogP contribution in [-0.4, -0.2) is 43.5 Å². The molecule has 0 radical (unpaired) electrons. The predicted octanol–water partition coefficient (Wildman–Crippen LogP) is 1.18. The first-order chi connectivity index (χ1) is 11.8. The van der Waals surface area contributed by atoms with Crippen LogP contribution >= 0.6 is 0 Å². The van der Waals surface area contributed by atoms with Gasteiger partial charge in [0.1, 0.15) is 0 Å². The molecule has 7 nitrogen and oxygen atoms in total. The lowest BCUT2D eigenvalue weighted by atomic mass is 10.2. The first kappa shape index (κ1) is 19.0. The lowest BCUT2D eigenvalue weighted by Crippen LogP contribution is -2.39. The van der Waals surface area contributed by atoms with E-state index in [0.29, 0.717) is 17.4 Å².